The van der Waals surface area contributed by atoms with Gasteiger partial charge in [-0.15, -0.1) is 0 Å². The number of hydrogen-bond donors (Lipinski definition) is 1. The van der Waals surface area contributed by atoms with Crippen molar-refractivity contribution in [3.8, 4) is 11.1 Å². The number of pyridine rings is 1. The Morgan fingerprint density at radius 2 is 1.76 bits per heavy atom. The lowest BCUT2D eigenvalue weighted by Crippen LogP contribution is -2.23. The zero-order valence-corrected chi connectivity index (χ0v) is 23.9. The molecule has 0 bridgehead atoms. The Morgan fingerprint density at radius 1 is 0.951 bits per heavy atom. The Kier molecular flexibility index (Phi) is 7.35. The molecule has 1 N–H and O–H groups in total. The third-order valence-electron chi connectivity index (χ3n) is 7.11. The predicted octanol–water partition coefficient (Wildman–Crippen LogP) is 7.95. The molecule has 0 spiro atoms. The second-order valence-corrected chi connectivity index (χ2v) is 10.8. The Labute approximate surface area is 247 Å². The van der Waals surface area contributed by atoms with E-state index in [1.54, 1.807) is 6.33 Å². The molecule has 8 heteroatoms. The molecular weight excluding hydrogens is 555 g/mol. The average Bonchev–Trinajstić information content (AvgIpc) is 3.59. The van der Waals surface area contributed by atoms with E-state index in [1.807, 2.05) is 97.5 Å². The highest BCUT2D eigenvalue weighted by atomic mass is 35.5. The van der Waals surface area contributed by atoms with E-state index in [0.717, 1.165) is 39.1 Å². The zero-order chi connectivity index (χ0) is 28.5. The van der Waals surface area contributed by atoms with Crippen LogP contribution >= 0.6 is 23.2 Å². The number of benzene rings is 3. The van der Waals surface area contributed by atoms with Crippen molar-refractivity contribution in [1.82, 2.24) is 19.9 Å². The van der Waals surface area contributed by atoms with Crippen LogP contribution in [0.3, 0.4) is 0 Å². The third-order valence-corrected chi connectivity index (χ3v) is 7.59. The molecular formula is C33H26Cl2N4O2. The number of halogens is 2. The topological polar surface area (TPSA) is 73.0 Å². The van der Waals surface area contributed by atoms with E-state index < -0.39 is 0 Å². The molecule has 0 radical (unpaired) electrons. The molecule has 3 aromatic carbocycles. The fraction of sp³-hybridized carbons (Fsp3) is 0.121. The van der Waals surface area contributed by atoms with Gasteiger partial charge >= 0.3 is 0 Å². The molecule has 0 aliphatic carbocycles. The molecule has 0 saturated heterocycles. The number of carbonyl (C=O) groups excluding carboxylic acids is 1. The molecule has 1 amide bonds. The number of aryl methyl sites for hydroxylation is 2. The molecule has 1 unspecified atom stereocenters. The largest absolute Gasteiger partial charge is 0.465 e. The van der Waals surface area contributed by atoms with Gasteiger partial charge in [-0.05, 0) is 83.8 Å². The summed E-state index contributed by atoms with van der Waals surface area (Å²) in [7, 11) is 1.99. The second-order valence-electron chi connectivity index (χ2n) is 9.95. The minimum Gasteiger partial charge on any atom is -0.465 e. The molecule has 6 rings (SSSR count). The van der Waals surface area contributed by atoms with Crippen molar-refractivity contribution in [3.63, 3.8) is 0 Å². The van der Waals surface area contributed by atoms with E-state index in [4.69, 9.17) is 32.6 Å². The molecule has 0 saturated carbocycles. The van der Waals surface area contributed by atoms with E-state index in [9.17, 15) is 4.79 Å². The number of nitrogens with zero attached hydrogens (tertiary/aromatic N) is 3. The monoisotopic (exact) mass is 580 g/mol. The lowest BCUT2D eigenvalue weighted by atomic mass is 9.87. The maximum absolute atomic E-state index is 13.2. The highest BCUT2D eigenvalue weighted by Gasteiger charge is 2.22. The number of rotatable bonds is 7. The fourth-order valence-corrected chi connectivity index (χ4v) is 5.42. The Morgan fingerprint density at radius 3 is 2.46 bits per heavy atom. The van der Waals surface area contributed by atoms with Crippen LogP contribution in [0.4, 0.5) is 0 Å². The van der Waals surface area contributed by atoms with Gasteiger partial charge < -0.3 is 14.3 Å². The van der Waals surface area contributed by atoms with Gasteiger partial charge in [0.05, 0.1) is 24.3 Å². The molecule has 6 aromatic rings. The standard InChI is InChI=1S/C33H26Cl2N4O2/c1-20-6-12-26(41-20)17-37-33(40)30-16-27(22-4-3-5-25(35)14-22)28-15-23(9-13-29(28)38-30)32(31-18-36-19-39(31)2)21-7-10-24(34)11-8-21/h3-16,18-19,32H,17H2,1-2H3,(H,37,40). The average molecular weight is 582 g/mol. The summed E-state index contributed by atoms with van der Waals surface area (Å²) in [4.78, 5) is 22.4. The highest BCUT2D eigenvalue weighted by Crippen LogP contribution is 2.37. The van der Waals surface area contributed by atoms with E-state index in [0.29, 0.717) is 27.0 Å². The van der Waals surface area contributed by atoms with Gasteiger partial charge in [0.25, 0.3) is 5.91 Å². The van der Waals surface area contributed by atoms with E-state index >= 15 is 0 Å². The summed E-state index contributed by atoms with van der Waals surface area (Å²) in [6, 6.07) is 27.2. The summed E-state index contributed by atoms with van der Waals surface area (Å²) in [5.41, 5.74) is 5.93. The molecule has 3 heterocycles. The molecule has 6 nitrogen and oxygen atoms in total. The van der Waals surface area contributed by atoms with Gasteiger partial charge in [-0.2, -0.15) is 0 Å². The summed E-state index contributed by atoms with van der Waals surface area (Å²) in [5, 5.41) is 5.11. The number of fused-ring (bicyclic) bond motifs is 1. The zero-order valence-electron chi connectivity index (χ0n) is 22.4. The van der Waals surface area contributed by atoms with Crippen LogP contribution in [-0.2, 0) is 13.6 Å². The normalized spacial score (nSPS) is 12.0. The van der Waals surface area contributed by atoms with Crippen molar-refractivity contribution in [2.75, 3.05) is 0 Å². The van der Waals surface area contributed by atoms with Gasteiger partial charge in [0.2, 0.25) is 0 Å². The van der Waals surface area contributed by atoms with Crippen molar-refractivity contribution in [1.29, 1.82) is 0 Å². The lowest BCUT2D eigenvalue weighted by Gasteiger charge is -2.20. The van der Waals surface area contributed by atoms with Crippen LogP contribution in [0.2, 0.25) is 10.0 Å². The van der Waals surface area contributed by atoms with Gasteiger partial charge in [0, 0.05) is 34.4 Å². The van der Waals surface area contributed by atoms with Crippen LogP contribution in [0.25, 0.3) is 22.0 Å². The number of carbonyl (C=O) groups is 1. The number of nitrogens with one attached hydrogen (secondary N) is 1. The van der Waals surface area contributed by atoms with Crippen molar-refractivity contribution in [2.45, 2.75) is 19.4 Å². The first-order valence-electron chi connectivity index (χ1n) is 13.1. The van der Waals surface area contributed by atoms with Crippen LogP contribution in [0, 0.1) is 6.92 Å². The maximum atomic E-state index is 13.2. The van der Waals surface area contributed by atoms with Crippen molar-refractivity contribution >= 4 is 40.0 Å². The van der Waals surface area contributed by atoms with Gasteiger partial charge in [-0.1, -0.05) is 53.5 Å². The number of amides is 1. The molecule has 0 aliphatic heterocycles. The summed E-state index contributed by atoms with van der Waals surface area (Å²) < 4.78 is 7.62. The molecule has 204 valence electrons. The Balaban J connectivity index is 1.48. The second kappa shape index (κ2) is 11.2. The summed E-state index contributed by atoms with van der Waals surface area (Å²) >= 11 is 12.6. The van der Waals surface area contributed by atoms with Crippen molar-refractivity contribution in [3.05, 3.63) is 142 Å². The van der Waals surface area contributed by atoms with Gasteiger partial charge in [0.1, 0.15) is 17.2 Å². The van der Waals surface area contributed by atoms with Crippen LogP contribution in [-0.4, -0.2) is 20.4 Å². The van der Waals surface area contributed by atoms with Crippen LogP contribution in [0.5, 0.6) is 0 Å². The third kappa shape index (κ3) is 5.62. The SMILES string of the molecule is Cc1ccc(CNC(=O)c2cc(-c3cccc(Cl)c3)c3cc(C(c4ccc(Cl)cc4)c4cncn4C)ccc3n2)o1. The smallest absolute Gasteiger partial charge is 0.270 e. The van der Waals surface area contributed by atoms with Gasteiger partial charge in [-0.3, -0.25) is 4.79 Å². The quantitative estimate of drug-likeness (QED) is 0.208. The molecule has 0 aliphatic rings. The van der Waals surface area contributed by atoms with Crippen LogP contribution in [0.1, 0.15) is 44.7 Å². The first-order chi connectivity index (χ1) is 19.9. The minimum atomic E-state index is -0.290. The first kappa shape index (κ1) is 26.8. The molecule has 1 atom stereocenters. The highest BCUT2D eigenvalue weighted by molar-refractivity contribution is 6.31. The summed E-state index contributed by atoms with van der Waals surface area (Å²) in [5.74, 6) is 1.08. The molecule has 3 aromatic heterocycles. The van der Waals surface area contributed by atoms with Gasteiger partial charge in [0.15, 0.2) is 0 Å². The van der Waals surface area contributed by atoms with E-state index in [-0.39, 0.29) is 18.4 Å². The number of aromatic nitrogens is 3. The number of furan rings is 1. The van der Waals surface area contributed by atoms with Crippen LogP contribution < -0.4 is 5.32 Å². The maximum Gasteiger partial charge on any atom is 0.270 e. The predicted molar refractivity (Wildman–Crippen MR) is 162 cm³/mol. The molecule has 41 heavy (non-hydrogen) atoms. The van der Waals surface area contributed by atoms with Gasteiger partial charge in [-0.25, -0.2) is 9.97 Å². The molecule has 0 fully saturated rings. The lowest BCUT2D eigenvalue weighted by molar-refractivity contribution is 0.0943. The first-order valence-corrected chi connectivity index (χ1v) is 13.9. The van der Waals surface area contributed by atoms with E-state index in [1.165, 1.54) is 0 Å². The Hall–Kier alpha value is -4.39. The van der Waals surface area contributed by atoms with Crippen molar-refractivity contribution < 1.29 is 9.21 Å². The Bertz CT molecular complexity index is 1870. The number of hydrogen-bond acceptors (Lipinski definition) is 4. The van der Waals surface area contributed by atoms with E-state index in [2.05, 4.69) is 22.4 Å². The fourth-order valence-electron chi connectivity index (χ4n) is 5.11. The van der Waals surface area contributed by atoms with Crippen LogP contribution in [0.15, 0.2) is 102 Å². The summed E-state index contributed by atoms with van der Waals surface area (Å²) in [6.45, 7) is 2.14. The summed E-state index contributed by atoms with van der Waals surface area (Å²) in [6.07, 6.45) is 3.68. The minimum absolute atomic E-state index is 0.101. The van der Waals surface area contributed by atoms with Crippen molar-refractivity contribution in [2.24, 2.45) is 7.05 Å². The number of imidazole rings is 1.